The van der Waals surface area contributed by atoms with Crippen molar-refractivity contribution in [3.05, 3.63) is 41.6 Å². The van der Waals surface area contributed by atoms with Crippen molar-refractivity contribution < 1.29 is 19.3 Å². The van der Waals surface area contributed by atoms with Gasteiger partial charge < -0.3 is 24.6 Å². The molecule has 0 saturated heterocycles. The molecule has 0 amide bonds. The predicted octanol–water partition coefficient (Wildman–Crippen LogP) is 2.57. The summed E-state index contributed by atoms with van der Waals surface area (Å²) in [6, 6.07) is 3.93. The number of methoxy groups -OCH3 is 3. The number of aliphatic hydroxyl groups excluding tert-OH is 1. The van der Waals surface area contributed by atoms with Crippen molar-refractivity contribution in [1.82, 2.24) is 5.32 Å². The third-order valence-electron chi connectivity index (χ3n) is 3.68. The molecule has 22 heavy (non-hydrogen) atoms. The SMILES string of the molecule is COc1cc(C2NC=CC=C2CCCO)cc(OC)c1OC. The van der Waals surface area contributed by atoms with Gasteiger partial charge in [-0.05, 0) is 48.4 Å². The van der Waals surface area contributed by atoms with Crippen LogP contribution in [0, 0.1) is 0 Å². The van der Waals surface area contributed by atoms with Crippen LogP contribution in [0.15, 0.2) is 36.1 Å². The molecule has 2 rings (SSSR count). The molecule has 1 aliphatic rings. The van der Waals surface area contributed by atoms with Gasteiger partial charge in [0.2, 0.25) is 5.75 Å². The summed E-state index contributed by atoms with van der Waals surface area (Å²) in [5, 5.41) is 12.4. The Bertz CT molecular complexity index is 541. The standard InChI is InChI=1S/C17H23NO4/c1-20-14-10-13(11-15(21-2)17(14)22-3)16-12(7-5-9-19)6-4-8-18-16/h4,6,8,10-11,16,18-19H,5,7,9H2,1-3H3. The van der Waals surface area contributed by atoms with Gasteiger partial charge in [-0.15, -0.1) is 0 Å². The number of benzene rings is 1. The van der Waals surface area contributed by atoms with Crippen LogP contribution in [0.2, 0.25) is 0 Å². The first-order valence-electron chi connectivity index (χ1n) is 7.27. The van der Waals surface area contributed by atoms with Gasteiger partial charge >= 0.3 is 0 Å². The highest BCUT2D eigenvalue weighted by Crippen LogP contribution is 2.41. The van der Waals surface area contributed by atoms with Gasteiger partial charge in [-0.3, -0.25) is 0 Å². The lowest BCUT2D eigenvalue weighted by Gasteiger charge is -2.25. The van der Waals surface area contributed by atoms with Crippen LogP contribution in [0.4, 0.5) is 0 Å². The molecule has 0 saturated carbocycles. The number of aliphatic hydroxyl groups is 1. The topological polar surface area (TPSA) is 60.0 Å². The minimum absolute atomic E-state index is 0.0326. The molecule has 1 unspecified atom stereocenters. The van der Waals surface area contributed by atoms with Gasteiger partial charge in [-0.1, -0.05) is 6.08 Å². The maximum Gasteiger partial charge on any atom is 0.203 e. The Morgan fingerprint density at radius 1 is 1.09 bits per heavy atom. The van der Waals surface area contributed by atoms with Gasteiger partial charge in [0.15, 0.2) is 11.5 Å². The Morgan fingerprint density at radius 2 is 1.77 bits per heavy atom. The maximum atomic E-state index is 9.06. The molecule has 1 heterocycles. The third-order valence-corrected chi connectivity index (χ3v) is 3.68. The van der Waals surface area contributed by atoms with Gasteiger partial charge in [0.25, 0.3) is 0 Å². The van der Waals surface area contributed by atoms with Crippen molar-refractivity contribution in [2.75, 3.05) is 27.9 Å². The first-order chi connectivity index (χ1) is 10.7. The van der Waals surface area contributed by atoms with Gasteiger partial charge in [0.05, 0.1) is 27.4 Å². The second-order valence-corrected chi connectivity index (χ2v) is 4.99. The highest BCUT2D eigenvalue weighted by atomic mass is 16.5. The Labute approximate surface area is 131 Å². The molecule has 0 aromatic heterocycles. The summed E-state index contributed by atoms with van der Waals surface area (Å²) in [6.45, 7) is 0.184. The Morgan fingerprint density at radius 3 is 2.32 bits per heavy atom. The molecule has 1 aliphatic heterocycles. The van der Waals surface area contributed by atoms with Crippen molar-refractivity contribution >= 4 is 0 Å². The molecule has 0 radical (unpaired) electrons. The quantitative estimate of drug-likeness (QED) is 0.811. The lowest BCUT2D eigenvalue weighted by Crippen LogP contribution is -2.20. The van der Waals surface area contributed by atoms with Crippen molar-refractivity contribution in [3.63, 3.8) is 0 Å². The molecule has 5 nitrogen and oxygen atoms in total. The lowest BCUT2D eigenvalue weighted by atomic mass is 9.93. The molecule has 5 heteroatoms. The van der Waals surface area contributed by atoms with E-state index in [0.717, 1.165) is 18.4 Å². The number of hydrogen-bond acceptors (Lipinski definition) is 5. The van der Waals surface area contributed by atoms with Crippen molar-refractivity contribution in [2.24, 2.45) is 0 Å². The average molecular weight is 305 g/mol. The molecule has 2 N–H and O–H groups in total. The fourth-order valence-corrected chi connectivity index (χ4v) is 2.62. The maximum absolute atomic E-state index is 9.06. The number of allylic oxidation sites excluding steroid dienone is 2. The lowest BCUT2D eigenvalue weighted by molar-refractivity contribution is 0.287. The zero-order valence-corrected chi connectivity index (χ0v) is 13.3. The fourth-order valence-electron chi connectivity index (χ4n) is 2.62. The van der Waals surface area contributed by atoms with Crippen LogP contribution < -0.4 is 19.5 Å². The Hall–Kier alpha value is -2.14. The minimum atomic E-state index is 0.0326. The zero-order valence-electron chi connectivity index (χ0n) is 13.3. The van der Waals surface area contributed by atoms with Gasteiger partial charge in [-0.25, -0.2) is 0 Å². The molecule has 1 aromatic rings. The van der Waals surface area contributed by atoms with Gasteiger partial charge in [0, 0.05) is 6.61 Å². The molecule has 0 fully saturated rings. The van der Waals surface area contributed by atoms with Crippen molar-refractivity contribution in [2.45, 2.75) is 18.9 Å². The number of dihydropyridines is 1. The second-order valence-electron chi connectivity index (χ2n) is 4.99. The highest BCUT2D eigenvalue weighted by Gasteiger charge is 2.21. The highest BCUT2D eigenvalue weighted by molar-refractivity contribution is 5.55. The monoisotopic (exact) mass is 305 g/mol. The molecule has 0 spiro atoms. The molecule has 120 valence electrons. The smallest absolute Gasteiger partial charge is 0.203 e. The summed E-state index contributed by atoms with van der Waals surface area (Å²) in [4.78, 5) is 0. The summed E-state index contributed by atoms with van der Waals surface area (Å²) in [7, 11) is 4.81. The average Bonchev–Trinajstić information content (AvgIpc) is 2.58. The minimum Gasteiger partial charge on any atom is -0.493 e. The van der Waals surface area contributed by atoms with Crippen LogP contribution >= 0.6 is 0 Å². The summed E-state index contributed by atoms with van der Waals surface area (Å²) in [5.41, 5.74) is 2.24. The van der Waals surface area contributed by atoms with E-state index in [9.17, 15) is 0 Å². The summed E-state index contributed by atoms with van der Waals surface area (Å²) < 4.78 is 16.2. The van der Waals surface area contributed by atoms with Crippen LogP contribution in [-0.4, -0.2) is 33.0 Å². The van der Waals surface area contributed by atoms with Crippen molar-refractivity contribution in [1.29, 1.82) is 0 Å². The summed E-state index contributed by atoms with van der Waals surface area (Å²) in [5.74, 6) is 1.85. The van der Waals surface area contributed by atoms with E-state index in [4.69, 9.17) is 19.3 Å². The second kappa shape index (κ2) is 7.75. The van der Waals surface area contributed by atoms with E-state index in [-0.39, 0.29) is 12.6 Å². The van der Waals surface area contributed by atoms with Crippen LogP contribution in [0.3, 0.4) is 0 Å². The predicted molar refractivity (Wildman–Crippen MR) is 85.5 cm³/mol. The summed E-state index contributed by atoms with van der Waals surface area (Å²) in [6.07, 6.45) is 7.54. The van der Waals surface area contributed by atoms with E-state index in [2.05, 4.69) is 11.4 Å². The van der Waals surface area contributed by atoms with Crippen LogP contribution in [0.1, 0.15) is 24.4 Å². The van der Waals surface area contributed by atoms with E-state index < -0.39 is 0 Å². The fraction of sp³-hybridized carbons (Fsp3) is 0.412. The van der Waals surface area contributed by atoms with E-state index in [1.165, 1.54) is 5.57 Å². The van der Waals surface area contributed by atoms with Crippen molar-refractivity contribution in [3.8, 4) is 17.2 Å². The number of hydrogen-bond donors (Lipinski definition) is 2. The van der Waals surface area contributed by atoms with E-state index in [1.54, 1.807) is 21.3 Å². The molecular formula is C17H23NO4. The number of nitrogens with one attached hydrogen (secondary N) is 1. The van der Waals surface area contributed by atoms with Crippen LogP contribution in [0.5, 0.6) is 17.2 Å². The Balaban J connectivity index is 2.38. The zero-order chi connectivity index (χ0) is 15.9. The Kier molecular flexibility index (Phi) is 5.72. The third kappa shape index (κ3) is 3.36. The van der Waals surface area contributed by atoms with Crippen LogP contribution in [0.25, 0.3) is 0 Å². The van der Waals surface area contributed by atoms with Gasteiger partial charge in [0.1, 0.15) is 0 Å². The number of rotatable bonds is 7. The molecule has 0 bridgehead atoms. The molecule has 0 aliphatic carbocycles. The summed E-state index contributed by atoms with van der Waals surface area (Å²) >= 11 is 0. The van der Waals surface area contributed by atoms with Crippen LogP contribution in [-0.2, 0) is 0 Å². The van der Waals surface area contributed by atoms with Gasteiger partial charge in [-0.2, -0.15) is 0 Å². The van der Waals surface area contributed by atoms with E-state index in [0.29, 0.717) is 17.2 Å². The molecular weight excluding hydrogens is 282 g/mol. The largest absolute Gasteiger partial charge is 0.493 e. The molecule has 1 atom stereocenters. The number of ether oxygens (including phenoxy) is 3. The first-order valence-corrected chi connectivity index (χ1v) is 7.27. The van der Waals surface area contributed by atoms with E-state index in [1.807, 2.05) is 24.4 Å². The normalized spacial score (nSPS) is 16.7. The molecule has 1 aromatic carbocycles. The first kappa shape index (κ1) is 16.2. The van der Waals surface area contributed by atoms with E-state index >= 15 is 0 Å².